The van der Waals surface area contributed by atoms with Gasteiger partial charge in [-0.3, -0.25) is 9.59 Å². The summed E-state index contributed by atoms with van der Waals surface area (Å²) in [6.45, 7) is 6.93. The van der Waals surface area contributed by atoms with Gasteiger partial charge in [0, 0.05) is 13.1 Å². The zero-order valence-electron chi connectivity index (χ0n) is 17.9. The van der Waals surface area contributed by atoms with E-state index in [0.29, 0.717) is 19.5 Å². The number of nitrogens with zero attached hydrogens (tertiary/aromatic N) is 1. The molecular weight excluding hydrogens is 364 g/mol. The third kappa shape index (κ3) is 6.63. The van der Waals surface area contributed by atoms with E-state index >= 15 is 0 Å². The molecule has 1 unspecified atom stereocenters. The molecule has 1 N–H and O–H groups in total. The number of methoxy groups -OCH3 is 1. The summed E-state index contributed by atoms with van der Waals surface area (Å²) >= 11 is 0. The van der Waals surface area contributed by atoms with Crippen LogP contribution < -0.4 is 10.1 Å². The third-order valence-corrected chi connectivity index (χ3v) is 4.86. The molecule has 29 heavy (non-hydrogen) atoms. The second kappa shape index (κ2) is 11.2. The fourth-order valence-electron chi connectivity index (χ4n) is 3.35. The molecule has 0 heterocycles. The number of carbonyl (C=O) groups is 2. The molecule has 1 atom stereocenters. The lowest BCUT2D eigenvalue weighted by molar-refractivity contribution is -0.140. The molecule has 0 saturated heterocycles. The molecule has 2 aromatic rings. The molecule has 0 aliphatic rings. The largest absolute Gasteiger partial charge is 0.497 e. The van der Waals surface area contributed by atoms with Crippen molar-refractivity contribution < 1.29 is 14.3 Å². The van der Waals surface area contributed by atoms with Crippen LogP contribution in [0.3, 0.4) is 0 Å². The van der Waals surface area contributed by atoms with E-state index in [2.05, 4.69) is 5.32 Å². The Labute approximate surface area is 174 Å². The van der Waals surface area contributed by atoms with Crippen LogP contribution in [0.1, 0.15) is 43.4 Å². The van der Waals surface area contributed by atoms with Crippen LogP contribution in [0.2, 0.25) is 0 Å². The summed E-state index contributed by atoms with van der Waals surface area (Å²) in [4.78, 5) is 27.7. The predicted molar refractivity (Wildman–Crippen MR) is 116 cm³/mol. The monoisotopic (exact) mass is 396 g/mol. The van der Waals surface area contributed by atoms with Gasteiger partial charge in [0.05, 0.1) is 13.5 Å². The number of hydrogen-bond acceptors (Lipinski definition) is 3. The summed E-state index contributed by atoms with van der Waals surface area (Å²) in [5.74, 6) is 0.573. The number of aryl methyl sites for hydroxylation is 1. The smallest absolute Gasteiger partial charge is 0.242 e. The van der Waals surface area contributed by atoms with Gasteiger partial charge in [-0.05, 0) is 43.0 Å². The lowest BCUT2D eigenvalue weighted by Gasteiger charge is -2.31. The first-order chi connectivity index (χ1) is 14.0. The van der Waals surface area contributed by atoms with Gasteiger partial charge in [0.1, 0.15) is 11.8 Å². The molecule has 0 bridgehead atoms. The first-order valence-electron chi connectivity index (χ1n) is 10.2. The molecule has 0 fully saturated rings. The fourth-order valence-corrected chi connectivity index (χ4v) is 3.35. The van der Waals surface area contributed by atoms with E-state index in [-0.39, 0.29) is 18.2 Å². The van der Waals surface area contributed by atoms with Crippen molar-refractivity contribution in [3.8, 4) is 5.75 Å². The van der Waals surface area contributed by atoms with Gasteiger partial charge in [0.15, 0.2) is 0 Å². The van der Waals surface area contributed by atoms with E-state index < -0.39 is 6.04 Å². The second-order valence-corrected chi connectivity index (χ2v) is 7.25. The van der Waals surface area contributed by atoms with Gasteiger partial charge in [-0.2, -0.15) is 0 Å². The molecule has 0 radical (unpaired) electrons. The Balaban J connectivity index is 2.29. The van der Waals surface area contributed by atoms with Gasteiger partial charge >= 0.3 is 0 Å². The highest BCUT2D eigenvalue weighted by Crippen LogP contribution is 2.18. The number of nitrogens with one attached hydrogen (secondary N) is 1. The van der Waals surface area contributed by atoms with E-state index in [1.165, 1.54) is 0 Å². The molecule has 2 aromatic carbocycles. The van der Waals surface area contributed by atoms with Crippen molar-refractivity contribution in [3.05, 3.63) is 65.2 Å². The minimum absolute atomic E-state index is 0.0584. The molecule has 2 rings (SSSR count). The quantitative estimate of drug-likeness (QED) is 0.663. The van der Waals surface area contributed by atoms with Crippen molar-refractivity contribution in [2.45, 2.75) is 52.6 Å². The van der Waals surface area contributed by atoms with E-state index in [0.717, 1.165) is 28.9 Å². The minimum Gasteiger partial charge on any atom is -0.497 e. The maximum atomic E-state index is 13.3. The maximum Gasteiger partial charge on any atom is 0.242 e. The lowest BCUT2D eigenvalue weighted by Crippen LogP contribution is -2.49. The standard InChI is InChI=1S/C24H32N2O3/c1-5-13-25-24(28)22(6-2)26(17-20-11-8-12-21(15-20)29-4)23(27)16-19-10-7-9-18(3)14-19/h7-12,14-15,22H,5-6,13,16-17H2,1-4H3,(H,25,28). The highest BCUT2D eigenvalue weighted by molar-refractivity contribution is 5.88. The Hall–Kier alpha value is -2.82. The second-order valence-electron chi connectivity index (χ2n) is 7.25. The lowest BCUT2D eigenvalue weighted by atomic mass is 10.0. The van der Waals surface area contributed by atoms with Gasteiger partial charge in [-0.25, -0.2) is 0 Å². The van der Waals surface area contributed by atoms with Crippen molar-refractivity contribution in [2.24, 2.45) is 0 Å². The molecule has 156 valence electrons. The highest BCUT2D eigenvalue weighted by atomic mass is 16.5. The molecule has 2 amide bonds. The predicted octanol–water partition coefficient (Wildman–Crippen LogP) is 3.88. The highest BCUT2D eigenvalue weighted by Gasteiger charge is 2.28. The van der Waals surface area contributed by atoms with Crippen LogP contribution in [0.5, 0.6) is 5.75 Å². The van der Waals surface area contributed by atoms with Crippen LogP contribution in [0, 0.1) is 6.92 Å². The Morgan fingerprint density at radius 2 is 1.79 bits per heavy atom. The van der Waals surface area contributed by atoms with E-state index in [1.54, 1.807) is 12.0 Å². The summed E-state index contributed by atoms with van der Waals surface area (Å²) in [6.07, 6.45) is 1.68. The van der Waals surface area contributed by atoms with Gasteiger partial charge in [-0.1, -0.05) is 55.8 Å². The van der Waals surface area contributed by atoms with Gasteiger partial charge < -0.3 is 15.0 Å². The molecule has 0 aliphatic carbocycles. The Bertz CT molecular complexity index is 819. The van der Waals surface area contributed by atoms with E-state index in [9.17, 15) is 9.59 Å². The van der Waals surface area contributed by atoms with Crippen LogP contribution in [0.4, 0.5) is 0 Å². The van der Waals surface area contributed by atoms with Gasteiger partial charge in [0.2, 0.25) is 11.8 Å². The molecule has 0 aromatic heterocycles. The topological polar surface area (TPSA) is 58.6 Å². The maximum absolute atomic E-state index is 13.3. The molecule has 0 aliphatic heterocycles. The number of hydrogen-bond donors (Lipinski definition) is 1. The molecule has 5 nitrogen and oxygen atoms in total. The number of amides is 2. The van der Waals surface area contributed by atoms with Crippen LogP contribution in [-0.4, -0.2) is 36.4 Å². The van der Waals surface area contributed by atoms with Crippen molar-refractivity contribution in [3.63, 3.8) is 0 Å². The Kier molecular flexibility index (Phi) is 8.71. The number of rotatable bonds is 10. The SMILES string of the molecule is CCCNC(=O)C(CC)N(Cc1cccc(OC)c1)C(=O)Cc1cccc(C)c1. The number of carbonyl (C=O) groups excluding carboxylic acids is 2. The first-order valence-corrected chi connectivity index (χ1v) is 10.2. The normalized spacial score (nSPS) is 11.6. The molecule has 0 spiro atoms. The van der Waals surface area contributed by atoms with Crippen molar-refractivity contribution in [1.29, 1.82) is 0 Å². The summed E-state index contributed by atoms with van der Waals surface area (Å²) in [5.41, 5.74) is 3.00. The zero-order chi connectivity index (χ0) is 21.2. The van der Waals surface area contributed by atoms with Crippen LogP contribution >= 0.6 is 0 Å². The van der Waals surface area contributed by atoms with E-state index in [4.69, 9.17) is 4.74 Å². The first kappa shape index (κ1) is 22.5. The summed E-state index contributed by atoms with van der Waals surface area (Å²) < 4.78 is 5.31. The van der Waals surface area contributed by atoms with Crippen molar-refractivity contribution in [1.82, 2.24) is 10.2 Å². The minimum atomic E-state index is -0.509. The van der Waals surface area contributed by atoms with Crippen LogP contribution in [0.15, 0.2) is 48.5 Å². The zero-order valence-corrected chi connectivity index (χ0v) is 17.9. The molecule has 5 heteroatoms. The molecular formula is C24H32N2O3. The summed E-state index contributed by atoms with van der Waals surface area (Å²) in [6, 6.07) is 15.0. The third-order valence-electron chi connectivity index (χ3n) is 4.86. The fraction of sp³-hybridized carbons (Fsp3) is 0.417. The number of ether oxygens (including phenoxy) is 1. The number of benzene rings is 2. The average molecular weight is 397 g/mol. The van der Waals surface area contributed by atoms with Crippen LogP contribution in [-0.2, 0) is 22.6 Å². The summed E-state index contributed by atoms with van der Waals surface area (Å²) in [7, 11) is 1.62. The van der Waals surface area contributed by atoms with Crippen molar-refractivity contribution in [2.75, 3.05) is 13.7 Å². The van der Waals surface area contributed by atoms with Crippen LogP contribution in [0.25, 0.3) is 0 Å². The molecule has 0 saturated carbocycles. The van der Waals surface area contributed by atoms with Gasteiger partial charge in [0.25, 0.3) is 0 Å². The Morgan fingerprint density at radius 3 is 2.45 bits per heavy atom. The van der Waals surface area contributed by atoms with E-state index in [1.807, 2.05) is 69.3 Å². The van der Waals surface area contributed by atoms with Gasteiger partial charge in [-0.15, -0.1) is 0 Å². The average Bonchev–Trinajstić information content (AvgIpc) is 2.72. The van der Waals surface area contributed by atoms with Crippen molar-refractivity contribution >= 4 is 11.8 Å². The Morgan fingerprint density at radius 1 is 1.07 bits per heavy atom. The summed E-state index contributed by atoms with van der Waals surface area (Å²) in [5, 5.41) is 2.94.